The zero-order chi connectivity index (χ0) is 14.6. The van der Waals surface area contributed by atoms with Crippen molar-refractivity contribution in [3.8, 4) is 6.07 Å². The fraction of sp³-hybridized carbons (Fsp3) is 0.588. The van der Waals surface area contributed by atoms with Crippen molar-refractivity contribution in [1.29, 1.82) is 5.26 Å². The summed E-state index contributed by atoms with van der Waals surface area (Å²) in [6.45, 7) is 6.02. The monoisotopic (exact) mass is 274 g/mol. The maximum absolute atomic E-state index is 8.99. The second-order valence-corrected chi connectivity index (χ2v) is 5.01. The number of rotatable bonds is 10. The lowest BCUT2D eigenvalue weighted by atomic mass is 10.2. The molecule has 1 rings (SSSR count). The highest BCUT2D eigenvalue weighted by molar-refractivity contribution is 5.49. The largest absolute Gasteiger partial charge is 0.273 e. The van der Waals surface area contributed by atoms with Crippen LogP contribution < -0.4 is 5.06 Å². The zero-order valence-corrected chi connectivity index (χ0v) is 12.8. The summed E-state index contributed by atoms with van der Waals surface area (Å²) in [5, 5.41) is 10.9. The van der Waals surface area contributed by atoms with E-state index in [-0.39, 0.29) is 0 Å². The molecule has 0 aromatic heterocycles. The summed E-state index contributed by atoms with van der Waals surface area (Å²) in [5.74, 6) is 0. The minimum atomic E-state index is 0.681. The lowest BCUT2D eigenvalue weighted by molar-refractivity contribution is 0.103. The number of benzene rings is 1. The third-order valence-electron chi connectivity index (χ3n) is 3.22. The SMILES string of the molecule is CCCCCON(CCCCC)c1cccc(C#N)c1. The molecule has 0 atom stereocenters. The molecule has 0 amide bonds. The van der Waals surface area contributed by atoms with Crippen molar-refractivity contribution < 1.29 is 4.84 Å². The molecule has 1 aromatic carbocycles. The van der Waals surface area contributed by atoms with Crippen LogP contribution in [0, 0.1) is 11.3 Å². The van der Waals surface area contributed by atoms with E-state index in [0.29, 0.717) is 5.56 Å². The van der Waals surface area contributed by atoms with E-state index in [1.54, 1.807) is 0 Å². The van der Waals surface area contributed by atoms with E-state index in [1.807, 2.05) is 29.3 Å². The van der Waals surface area contributed by atoms with Crippen LogP contribution in [0.2, 0.25) is 0 Å². The fourth-order valence-electron chi connectivity index (χ4n) is 2.03. The third kappa shape index (κ3) is 6.08. The Labute approximate surface area is 123 Å². The van der Waals surface area contributed by atoms with Gasteiger partial charge in [0.25, 0.3) is 0 Å². The van der Waals surface area contributed by atoms with Crippen molar-refractivity contribution in [1.82, 2.24) is 0 Å². The smallest absolute Gasteiger partial charge is 0.0992 e. The predicted molar refractivity (Wildman–Crippen MR) is 83.5 cm³/mol. The van der Waals surface area contributed by atoms with Crippen molar-refractivity contribution in [3.05, 3.63) is 29.8 Å². The second-order valence-electron chi connectivity index (χ2n) is 5.01. The summed E-state index contributed by atoms with van der Waals surface area (Å²) in [5.41, 5.74) is 1.66. The molecular weight excluding hydrogens is 248 g/mol. The minimum absolute atomic E-state index is 0.681. The van der Waals surface area contributed by atoms with Crippen LogP contribution in [0.25, 0.3) is 0 Å². The number of anilines is 1. The molecule has 0 aliphatic heterocycles. The summed E-state index contributed by atoms with van der Waals surface area (Å²) < 4.78 is 0. The molecular formula is C17H26N2O. The first-order chi connectivity index (χ1) is 9.81. The van der Waals surface area contributed by atoms with E-state index in [0.717, 1.165) is 31.7 Å². The summed E-state index contributed by atoms with van der Waals surface area (Å²) >= 11 is 0. The molecule has 0 bridgehead atoms. The van der Waals surface area contributed by atoms with E-state index in [2.05, 4.69) is 19.9 Å². The van der Waals surface area contributed by atoms with Gasteiger partial charge >= 0.3 is 0 Å². The van der Waals surface area contributed by atoms with Gasteiger partial charge in [-0.3, -0.25) is 9.90 Å². The Morgan fingerprint density at radius 2 is 1.85 bits per heavy atom. The van der Waals surface area contributed by atoms with Gasteiger partial charge in [-0.25, -0.2) is 0 Å². The first-order valence-electron chi connectivity index (χ1n) is 7.72. The maximum Gasteiger partial charge on any atom is 0.0992 e. The van der Waals surface area contributed by atoms with Gasteiger partial charge in [-0.15, -0.1) is 0 Å². The Balaban J connectivity index is 2.61. The normalized spacial score (nSPS) is 10.2. The average Bonchev–Trinajstić information content (AvgIpc) is 2.50. The summed E-state index contributed by atoms with van der Waals surface area (Å²) in [4.78, 5) is 5.90. The molecule has 0 saturated carbocycles. The Morgan fingerprint density at radius 1 is 1.10 bits per heavy atom. The molecule has 0 N–H and O–H groups in total. The van der Waals surface area contributed by atoms with E-state index >= 15 is 0 Å². The van der Waals surface area contributed by atoms with Gasteiger partial charge in [-0.1, -0.05) is 45.6 Å². The van der Waals surface area contributed by atoms with Crippen LogP contribution >= 0.6 is 0 Å². The standard InChI is InChI=1S/C17H26N2O/c1-3-5-7-12-19(20-13-8-6-4-2)17-11-9-10-16(14-17)15-18/h9-11,14H,3-8,12-13H2,1-2H3. The van der Waals surface area contributed by atoms with E-state index in [4.69, 9.17) is 10.1 Å². The summed E-state index contributed by atoms with van der Waals surface area (Å²) in [7, 11) is 0. The maximum atomic E-state index is 8.99. The predicted octanol–water partition coefficient (Wildman–Crippen LogP) is 4.68. The number of hydroxylamine groups is 1. The highest BCUT2D eigenvalue weighted by Crippen LogP contribution is 2.18. The van der Waals surface area contributed by atoms with E-state index in [9.17, 15) is 0 Å². The first-order valence-corrected chi connectivity index (χ1v) is 7.72. The van der Waals surface area contributed by atoms with Crippen molar-refractivity contribution in [3.63, 3.8) is 0 Å². The molecule has 0 radical (unpaired) electrons. The summed E-state index contributed by atoms with van der Waals surface area (Å²) in [6, 6.07) is 9.82. The molecule has 0 fully saturated rings. The zero-order valence-electron chi connectivity index (χ0n) is 12.8. The van der Waals surface area contributed by atoms with Gasteiger partial charge in [0, 0.05) is 6.54 Å². The van der Waals surface area contributed by atoms with E-state index < -0.39 is 0 Å². The molecule has 3 nitrogen and oxygen atoms in total. The molecule has 0 heterocycles. The molecule has 0 spiro atoms. The van der Waals surface area contributed by atoms with Crippen LogP contribution in [0.3, 0.4) is 0 Å². The fourth-order valence-corrected chi connectivity index (χ4v) is 2.03. The number of hydrogen-bond acceptors (Lipinski definition) is 3. The van der Waals surface area contributed by atoms with Gasteiger partial charge < -0.3 is 0 Å². The molecule has 20 heavy (non-hydrogen) atoms. The number of nitrogens with zero attached hydrogens (tertiary/aromatic N) is 2. The van der Waals surface area contributed by atoms with Crippen LogP contribution in [0.1, 0.15) is 57.9 Å². The van der Waals surface area contributed by atoms with Crippen molar-refractivity contribution in [2.45, 2.75) is 52.4 Å². The van der Waals surface area contributed by atoms with Gasteiger partial charge in [0.15, 0.2) is 0 Å². The van der Waals surface area contributed by atoms with Gasteiger partial charge in [0.1, 0.15) is 0 Å². The molecule has 0 unspecified atom stereocenters. The van der Waals surface area contributed by atoms with Gasteiger partial charge in [-0.05, 0) is 31.0 Å². The lowest BCUT2D eigenvalue weighted by Gasteiger charge is -2.24. The topological polar surface area (TPSA) is 36.3 Å². The van der Waals surface area contributed by atoms with Crippen molar-refractivity contribution >= 4 is 5.69 Å². The van der Waals surface area contributed by atoms with Crippen LogP contribution in [-0.2, 0) is 4.84 Å². The quantitative estimate of drug-likeness (QED) is 0.459. The van der Waals surface area contributed by atoms with Gasteiger partial charge in [0.05, 0.1) is 23.9 Å². The molecule has 3 heteroatoms. The molecule has 0 saturated heterocycles. The Hall–Kier alpha value is -1.53. The Bertz CT molecular complexity index is 412. The number of unbranched alkanes of at least 4 members (excludes halogenated alkanes) is 4. The van der Waals surface area contributed by atoms with Crippen LogP contribution in [0.5, 0.6) is 0 Å². The van der Waals surface area contributed by atoms with Crippen LogP contribution in [-0.4, -0.2) is 13.2 Å². The number of nitriles is 1. The minimum Gasteiger partial charge on any atom is -0.273 e. The third-order valence-corrected chi connectivity index (χ3v) is 3.22. The van der Waals surface area contributed by atoms with Gasteiger partial charge in [0.2, 0.25) is 0 Å². The van der Waals surface area contributed by atoms with Crippen molar-refractivity contribution in [2.75, 3.05) is 18.2 Å². The van der Waals surface area contributed by atoms with Gasteiger partial charge in [-0.2, -0.15) is 5.26 Å². The van der Waals surface area contributed by atoms with Crippen LogP contribution in [0.15, 0.2) is 24.3 Å². The first kappa shape index (κ1) is 16.5. The molecule has 0 aliphatic rings. The Kier molecular flexibility index (Phi) is 8.49. The lowest BCUT2D eigenvalue weighted by Crippen LogP contribution is -2.25. The van der Waals surface area contributed by atoms with Crippen LogP contribution in [0.4, 0.5) is 5.69 Å². The second kappa shape index (κ2) is 10.3. The highest BCUT2D eigenvalue weighted by Gasteiger charge is 2.07. The van der Waals surface area contributed by atoms with E-state index in [1.165, 1.54) is 25.7 Å². The summed E-state index contributed by atoms with van der Waals surface area (Å²) in [6.07, 6.45) is 6.98. The average molecular weight is 274 g/mol. The van der Waals surface area contributed by atoms with Crippen molar-refractivity contribution in [2.24, 2.45) is 0 Å². The number of hydrogen-bond donors (Lipinski definition) is 0. The Morgan fingerprint density at radius 3 is 2.55 bits per heavy atom. The molecule has 1 aromatic rings. The molecule has 110 valence electrons. The highest BCUT2D eigenvalue weighted by atomic mass is 16.7. The molecule has 0 aliphatic carbocycles.